The molecule has 0 aromatic heterocycles. The molecule has 18 heavy (non-hydrogen) atoms. The van der Waals surface area contributed by atoms with E-state index in [1.165, 1.54) is 16.3 Å². The zero-order valence-electron chi connectivity index (χ0n) is 12.0. The van der Waals surface area contributed by atoms with E-state index >= 15 is 0 Å². The van der Waals surface area contributed by atoms with Crippen molar-refractivity contribution in [2.24, 2.45) is 0 Å². The molecule has 0 aliphatic rings. The number of nitrogens with zero attached hydrogens (tertiary/aromatic N) is 1. The molecule has 98 valence electrons. The Balaban J connectivity index is 0.000000771. The zero-order valence-corrected chi connectivity index (χ0v) is 12.0. The van der Waals surface area contributed by atoms with Gasteiger partial charge in [-0.2, -0.15) is 0 Å². The van der Waals surface area contributed by atoms with Crippen LogP contribution in [0.25, 0.3) is 10.8 Å². The van der Waals surface area contributed by atoms with Gasteiger partial charge in [0.2, 0.25) is 0 Å². The van der Waals surface area contributed by atoms with Gasteiger partial charge in [-0.15, -0.1) is 0 Å². The van der Waals surface area contributed by atoms with Crippen molar-refractivity contribution in [2.75, 3.05) is 21.2 Å². The van der Waals surface area contributed by atoms with Gasteiger partial charge in [-0.3, -0.25) is 0 Å². The molecule has 2 heteroatoms. The fraction of sp³-hybridized carbons (Fsp3) is 0.375. The van der Waals surface area contributed by atoms with Gasteiger partial charge in [0, 0.05) is 6.54 Å². The van der Waals surface area contributed by atoms with Gasteiger partial charge in [-0.25, -0.2) is 0 Å². The fourth-order valence-corrected chi connectivity index (χ4v) is 1.86. The molecule has 2 nitrogen and oxygen atoms in total. The molecule has 0 amide bonds. The van der Waals surface area contributed by atoms with Crippen molar-refractivity contribution in [2.45, 2.75) is 20.4 Å². The van der Waals surface area contributed by atoms with Gasteiger partial charge in [0.15, 0.2) is 0 Å². The Bertz CT molecular complexity index is 491. The lowest BCUT2D eigenvalue weighted by atomic mass is 10.1. The number of hydrogen-bond donors (Lipinski definition) is 0. The molecule has 0 bridgehead atoms. The Kier molecular flexibility index (Phi) is 5.66. The third-order valence-electron chi connectivity index (χ3n) is 2.61. The maximum absolute atomic E-state index is 5.21. The lowest BCUT2D eigenvalue weighted by Gasteiger charge is -2.10. The highest BCUT2D eigenvalue weighted by molar-refractivity contribution is 5.84. The molecule has 0 unspecified atom stereocenters. The first-order chi connectivity index (χ1) is 8.69. The molecule has 2 aromatic rings. The molecule has 0 aliphatic carbocycles. The van der Waals surface area contributed by atoms with Gasteiger partial charge in [-0.1, -0.05) is 32.0 Å². The summed E-state index contributed by atoms with van der Waals surface area (Å²) in [5, 5.41) is 2.49. The molecule has 0 fully saturated rings. The first-order valence-corrected chi connectivity index (χ1v) is 6.40. The predicted molar refractivity (Wildman–Crippen MR) is 79.2 cm³/mol. The topological polar surface area (TPSA) is 12.5 Å². The van der Waals surface area contributed by atoms with Crippen LogP contribution in [0.1, 0.15) is 19.4 Å². The van der Waals surface area contributed by atoms with Crippen molar-refractivity contribution < 1.29 is 4.74 Å². The summed E-state index contributed by atoms with van der Waals surface area (Å²) in [5.41, 5.74) is 1.34. The van der Waals surface area contributed by atoms with Gasteiger partial charge >= 0.3 is 0 Å². The average molecular weight is 245 g/mol. The summed E-state index contributed by atoms with van der Waals surface area (Å²) in [4.78, 5) is 2.17. The van der Waals surface area contributed by atoms with Crippen LogP contribution in [0.3, 0.4) is 0 Å². The van der Waals surface area contributed by atoms with Crippen molar-refractivity contribution in [1.29, 1.82) is 0 Å². The normalized spacial score (nSPS) is 10.1. The maximum atomic E-state index is 5.21. The fourth-order valence-electron chi connectivity index (χ4n) is 1.86. The third-order valence-corrected chi connectivity index (χ3v) is 2.61. The third kappa shape index (κ3) is 3.74. The summed E-state index contributed by atoms with van der Waals surface area (Å²) < 4.78 is 5.21. The van der Waals surface area contributed by atoms with Crippen LogP contribution in [-0.2, 0) is 6.54 Å². The first-order valence-electron chi connectivity index (χ1n) is 6.40. The highest BCUT2D eigenvalue weighted by atomic mass is 16.5. The van der Waals surface area contributed by atoms with Crippen LogP contribution in [0.5, 0.6) is 5.75 Å². The molecule has 2 rings (SSSR count). The van der Waals surface area contributed by atoms with Crippen LogP contribution in [0.15, 0.2) is 36.4 Å². The Morgan fingerprint density at radius 1 is 0.944 bits per heavy atom. The number of hydrogen-bond acceptors (Lipinski definition) is 2. The minimum absolute atomic E-state index is 0.910. The van der Waals surface area contributed by atoms with E-state index < -0.39 is 0 Å². The summed E-state index contributed by atoms with van der Waals surface area (Å²) in [7, 11) is 5.86. The van der Waals surface area contributed by atoms with Crippen molar-refractivity contribution in [3.05, 3.63) is 42.0 Å². The first kappa shape index (κ1) is 14.5. The van der Waals surface area contributed by atoms with Crippen molar-refractivity contribution in [1.82, 2.24) is 4.90 Å². The summed E-state index contributed by atoms with van der Waals surface area (Å²) in [6.45, 7) is 4.97. The molecule has 2 aromatic carbocycles. The molecular formula is C16H23NO. The maximum Gasteiger partial charge on any atom is 0.119 e. The second kappa shape index (κ2) is 7.02. The Labute approximate surface area is 110 Å². The van der Waals surface area contributed by atoms with E-state index in [-0.39, 0.29) is 0 Å². The molecule has 0 atom stereocenters. The smallest absolute Gasteiger partial charge is 0.119 e. The van der Waals surface area contributed by atoms with Crippen LogP contribution < -0.4 is 4.74 Å². The van der Waals surface area contributed by atoms with Crippen LogP contribution in [0.4, 0.5) is 0 Å². The Morgan fingerprint density at radius 2 is 1.56 bits per heavy atom. The number of rotatable bonds is 3. The lowest BCUT2D eigenvalue weighted by Crippen LogP contribution is -2.10. The Morgan fingerprint density at radius 3 is 2.17 bits per heavy atom. The van der Waals surface area contributed by atoms with Crippen molar-refractivity contribution >= 4 is 10.8 Å². The second-order valence-corrected chi connectivity index (χ2v) is 4.29. The molecule has 0 aliphatic heterocycles. The van der Waals surface area contributed by atoms with Crippen molar-refractivity contribution in [3.63, 3.8) is 0 Å². The van der Waals surface area contributed by atoms with E-state index in [1.54, 1.807) is 7.11 Å². The van der Waals surface area contributed by atoms with E-state index in [2.05, 4.69) is 49.3 Å². The summed E-state index contributed by atoms with van der Waals surface area (Å²) >= 11 is 0. The zero-order chi connectivity index (χ0) is 13.5. The van der Waals surface area contributed by atoms with E-state index in [0.717, 1.165) is 12.3 Å². The Hall–Kier alpha value is -1.54. The number of methoxy groups -OCH3 is 1. The van der Waals surface area contributed by atoms with E-state index in [0.29, 0.717) is 0 Å². The summed E-state index contributed by atoms with van der Waals surface area (Å²) in [6, 6.07) is 12.7. The molecule has 0 saturated heterocycles. The van der Waals surface area contributed by atoms with Crippen LogP contribution >= 0.6 is 0 Å². The molecule has 0 heterocycles. The van der Waals surface area contributed by atoms with Crippen LogP contribution in [-0.4, -0.2) is 26.1 Å². The largest absolute Gasteiger partial charge is 0.497 e. The van der Waals surface area contributed by atoms with E-state index in [1.807, 2.05) is 19.9 Å². The standard InChI is InChI=1S/C14H17NO.C2H6/c1-15(2)10-11-4-5-13-9-14(16-3)7-6-12(13)8-11;1-2/h4-9H,10H2,1-3H3;1-2H3. The molecule has 0 radical (unpaired) electrons. The van der Waals surface area contributed by atoms with Gasteiger partial charge in [0.05, 0.1) is 7.11 Å². The van der Waals surface area contributed by atoms with Crippen LogP contribution in [0.2, 0.25) is 0 Å². The lowest BCUT2D eigenvalue weighted by molar-refractivity contribution is 0.402. The molecule has 0 saturated carbocycles. The van der Waals surface area contributed by atoms with Gasteiger partial charge in [-0.05, 0) is 48.6 Å². The van der Waals surface area contributed by atoms with Crippen molar-refractivity contribution in [3.8, 4) is 5.75 Å². The average Bonchev–Trinajstić information content (AvgIpc) is 2.39. The number of fused-ring (bicyclic) bond motifs is 1. The SMILES string of the molecule is CC.COc1ccc2cc(CN(C)C)ccc2c1. The van der Waals surface area contributed by atoms with Gasteiger partial charge in [0.1, 0.15) is 5.75 Å². The highest BCUT2D eigenvalue weighted by Gasteiger charge is 1.99. The quantitative estimate of drug-likeness (QED) is 0.812. The van der Waals surface area contributed by atoms with E-state index in [9.17, 15) is 0 Å². The minimum Gasteiger partial charge on any atom is -0.497 e. The summed E-state index contributed by atoms with van der Waals surface area (Å²) in [6.07, 6.45) is 0. The molecular weight excluding hydrogens is 222 g/mol. The summed E-state index contributed by atoms with van der Waals surface area (Å²) in [5.74, 6) is 0.910. The van der Waals surface area contributed by atoms with Gasteiger partial charge in [0.25, 0.3) is 0 Å². The number of ether oxygens (including phenoxy) is 1. The second-order valence-electron chi connectivity index (χ2n) is 4.29. The van der Waals surface area contributed by atoms with Crippen LogP contribution in [0, 0.1) is 0 Å². The number of benzene rings is 2. The monoisotopic (exact) mass is 245 g/mol. The van der Waals surface area contributed by atoms with Gasteiger partial charge < -0.3 is 9.64 Å². The highest BCUT2D eigenvalue weighted by Crippen LogP contribution is 2.22. The molecule has 0 spiro atoms. The minimum atomic E-state index is 0.910. The predicted octanol–water partition coefficient (Wildman–Crippen LogP) is 3.94. The van der Waals surface area contributed by atoms with E-state index in [4.69, 9.17) is 4.74 Å². The molecule has 0 N–H and O–H groups in total.